The Kier molecular flexibility index (Phi) is 2.00. The Balaban J connectivity index is 3.08. The van der Waals surface area contributed by atoms with Crippen molar-refractivity contribution in [1.82, 2.24) is 15.0 Å². The molecule has 5 heteroatoms. The molecule has 60 valence electrons. The van der Waals surface area contributed by atoms with E-state index in [0.717, 1.165) is 5.06 Å². The van der Waals surface area contributed by atoms with Crippen LogP contribution in [0.3, 0.4) is 0 Å². The quantitative estimate of drug-likeness (QED) is 0.590. The van der Waals surface area contributed by atoms with Crippen LogP contribution in [0.1, 0.15) is 11.6 Å². The van der Waals surface area contributed by atoms with E-state index in [9.17, 15) is 0 Å². The molecule has 0 fully saturated rings. The van der Waals surface area contributed by atoms with Crippen LogP contribution in [0.5, 0.6) is 0 Å². The summed E-state index contributed by atoms with van der Waals surface area (Å²) < 4.78 is 0. The van der Waals surface area contributed by atoms with Gasteiger partial charge in [0.2, 0.25) is 0 Å². The third-order valence-electron chi connectivity index (χ3n) is 1.14. The van der Waals surface area contributed by atoms with E-state index in [2.05, 4.69) is 15.0 Å². The van der Waals surface area contributed by atoms with Gasteiger partial charge in [0.15, 0.2) is 0 Å². The van der Waals surface area contributed by atoms with Gasteiger partial charge in [0.05, 0.1) is 0 Å². The highest BCUT2D eigenvalue weighted by Gasteiger charge is 2.02. The third kappa shape index (κ3) is 1.84. The molecular formula is C6H10N4O. The number of hydrogen-bond donors (Lipinski definition) is 1. The summed E-state index contributed by atoms with van der Waals surface area (Å²) in [7, 11) is 1.47. The Hall–Kier alpha value is -1.23. The summed E-state index contributed by atoms with van der Waals surface area (Å²) in [6.07, 6.45) is 0. The van der Waals surface area contributed by atoms with Crippen LogP contribution in [0.2, 0.25) is 0 Å². The lowest BCUT2D eigenvalue weighted by Gasteiger charge is -2.07. The normalized spacial score (nSPS) is 9.82. The van der Waals surface area contributed by atoms with E-state index in [-0.39, 0.29) is 5.95 Å². The van der Waals surface area contributed by atoms with Crippen LogP contribution in [0.15, 0.2) is 0 Å². The van der Waals surface area contributed by atoms with Crippen LogP contribution < -0.4 is 5.06 Å². The highest BCUT2D eigenvalue weighted by molar-refractivity contribution is 5.22. The second-order valence-electron chi connectivity index (χ2n) is 2.25. The molecule has 0 aliphatic heterocycles. The molecular weight excluding hydrogens is 144 g/mol. The molecule has 0 aromatic carbocycles. The first kappa shape index (κ1) is 7.87. The van der Waals surface area contributed by atoms with E-state index in [4.69, 9.17) is 5.21 Å². The fraction of sp³-hybridized carbons (Fsp3) is 0.500. The van der Waals surface area contributed by atoms with Crippen LogP contribution in [0.4, 0.5) is 5.95 Å². The molecule has 1 aromatic heterocycles. The first-order valence-electron chi connectivity index (χ1n) is 3.21. The average Bonchev–Trinajstić information content (AvgIpc) is 1.85. The lowest BCUT2D eigenvalue weighted by atomic mass is 10.6. The SMILES string of the molecule is Cc1nc(C)nc(N(C)O)n1. The Morgan fingerprint density at radius 1 is 1.09 bits per heavy atom. The summed E-state index contributed by atoms with van der Waals surface area (Å²) in [5, 5.41) is 9.82. The van der Waals surface area contributed by atoms with E-state index in [1.54, 1.807) is 13.8 Å². The molecule has 1 N–H and O–H groups in total. The number of rotatable bonds is 1. The van der Waals surface area contributed by atoms with Crippen molar-refractivity contribution in [3.05, 3.63) is 11.6 Å². The lowest BCUT2D eigenvalue weighted by molar-refractivity contribution is 0.271. The second kappa shape index (κ2) is 2.79. The van der Waals surface area contributed by atoms with Crippen molar-refractivity contribution in [1.29, 1.82) is 0 Å². The summed E-state index contributed by atoms with van der Waals surface area (Å²) in [4.78, 5) is 11.7. The maximum Gasteiger partial charge on any atom is 0.252 e. The summed E-state index contributed by atoms with van der Waals surface area (Å²) in [5.74, 6) is 1.48. The molecule has 1 aromatic rings. The second-order valence-corrected chi connectivity index (χ2v) is 2.25. The van der Waals surface area contributed by atoms with Gasteiger partial charge >= 0.3 is 0 Å². The zero-order valence-corrected chi connectivity index (χ0v) is 6.74. The molecule has 0 atom stereocenters. The predicted molar refractivity (Wildman–Crippen MR) is 39.5 cm³/mol. The molecule has 11 heavy (non-hydrogen) atoms. The van der Waals surface area contributed by atoms with E-state index < -0.39 is 0 Å². The summed E-state index contributed by atoms with van der Waals surface area (Å²) in [5.41, 5.74) is 0. The fourth-order valence-corrected chi connectivity index (χ4v) is 0.743. The van der Waals surface area contributed by atoms with Gasteiger partial charge in [-0.2, -0.15) is 9.97 Å². The average molecular weight is 154 g/mol. The molecule has 0 aliphatic rings. The minimum atomic E-state index is 0.273. The van der Waals surface area contributed by atoms with Gasteiger partial charge in [-0.3, -0.25) is 5.21 Å². The Morgan fingerprint density at radius 3 is 1.91 bits per heavy atom. The first-order chi connectivity index (χ1) is 5.09. The summed E-state index contributed by atoms with van der Waals surface area (Å²) in [6.45, 7) is 3.50. The molecule has 5 nitrogen and oxygen atoms in total. The largest absolute Gasteiger partial charge is 0.286 e. The minimum absolute atomic E-state index is 0.273. The summed E-state index contributed by atoms with van der Waals surface area (Å²) >= 11 is 0. The van der Waals surface area contributed by atoms with E-state index in [1.165, 1.54) is 7.05 Å². The van der Waals surface area contributed by atoms with Gasteiger partial charge < -0.3 is 0 Å². The molecule has 0 bridgehead atoms. The number of hydroxylamine groups is 1. The van der Waals surface area contributed by atoms with Gasteiger partial charge in [-0.25, -0.2) is 10.0 Å². The first-order valence-corrected chi connectivity index (χ1v) is 3.21. The molecule has 1 heterocycles. The number of aryl methyl sites for hydroxylation is 2. The van der Waals surface area contributed by atoms with Crippen molar-refractivity contribution in [2.24, 2.45) is 0 Å². The molecule has 0 saturated carbocycles. The smallest absolute Gasteiger partial charge is 0.252 e. The van der Waals surface area contributed by atoms with E-state index in [0.29, 0.717) is 11.6 Å². The van der Waals surface area contributed by atoms with Crippen LogP contribution in [0, 0.1) is 13.8 Å². The Bertz CT molecular complexity index is 241. The van der Waals surface area contributed by atoms with Gasteiger partial charge in [0.1, 0.15) is 11.6 Å². The Labute approximate surface area is 64.7 Å². The van der Waals surface area contributed by atoms with Gasteiger partial charge in [-0.05, 0) is 13.8 Å². The van der Waals surface area contributed by atoms with Crippen molar-refractivity contribution in [3.63, 3.8) is 0 Å². The van der Waals surface area contributed by atoms with Crippen molar-refractivity contribution in [2.75, 3.05) is 12.1 Å². The number of nitrogens with zero attached hydrogens (tertiary/aromatic N) is 4. The van der Waals surface area contributed by atoms with Gasteiger partial charge in [-0.1, -0.05) is 0 Å². The molecule has 1 rings (SSSR count). The van der Waals surface area contributed by atoms with E-state index >= 15 is 0 Å². The van der Waals surface area contributed by atoms with Crippen LogP contribution in [0.25, 0.3) is 0 Å². The monoisotopic (exact) mass is 154 g/mol. The zero-order valence-electron chi connectivity index (χ0n) is 6.74. The number of aromatic nitrogens is 3. The van der Waals surface area contributed by atoms with Crippen LogP contribution in [-0.4, -0.2) is 27.2 Å². The number of anilines is 1. The van der Waals surface area contributed by atoms with Gasteiger partial charge in [-0.15, -0.1) is 0 Å². The maximum absolute atomic E-state index is 8.95. The van der Waals surface area contributed by atoms with Crippen LogP contribution >= 0.6 is 0 Å². The topological polar surface area (TPSA) is 62.1 Å². The molecule has 0 unspecified atom stereocenters. The van der Waals surface area contributed by atoms with Gasteiger partial charge in [0, 0.05) is 7.05 Å². The highest BCUT2D eigenvalue weighted by Crippen LogP contribution is 2.01. The third-order valence-corrected chi connectivity index (χ3v) is 1.14. The highest BCUT2D eigenvalue weighted by atomic mass is 16.5. The standard InChI is InChI=1S/C6H10N4O/c1-4-7-5(2)9-6(8-4)10(3)11/h11H,1-3H3. The Morgan fingerprint density at radius 2 is 1.55 bits per heavy atom. The lowest BCUT2D eigenvalue weighted by Crippen LogP contribution is -2.15. The zero-order chi connectivity index (χ0) is 8.43. The van der Waals surface area contributed by atoms with Crippen molar-refractivity contribution < 1.29 is 5.21 Å². The molecule has 0 saturated heterocycles. The minimum Gasteiger partial charge on any atom is -0.286 e. The van der Waals surface area contributed by atoms with Crippen molar-refractivity contribution >= 4 is 5.95 Å². The fourth-order valence-electron chi connectivity index (χ4n) is 0.743. The molecule has 0 radical (unpaired) electrons. The molecule has 0 spiro atoms. The molecule has 0 aliphatic carbocycles. The van der Waals surface area contributed by atoms with E-state index in [1.807, 2.05) is 0 Å². The molecule has 0 amide bonds. The van der Waals surface area contributed by atoms with Gasteiger partial charge in [0.25, 0.3) is 5.95 Å². The maximum atomic E-state index is 8.95. The van der Waals surface area contributed by atoms with Crippen molar-refractivity contribution in [3.8, 4) is 0 Å². The number of hydrogen-bond acceptors (Lipinski definition) is 5. The summed E-state index contributed by atoms with van der Waals surface area (Å²) in [6, 6.07) is 0. The predicted octanol–water partition coefficient (Wildman–Crippen LogP) is 0.314. The van der Waals surface area contributed by atoms with Crippen LogP contribution in [-0.2, 0) is 0 Å². The van der Waals surface area contributed by atoms with Crippen molar-refractivity contribution in [2.45, 2.75) is 13.8 Å².